The number of thiophene rings is 1. The van der Waals surface area contributed by atoms with Crippen molar-refractivity contribution in [3.05, 3.63) is 52.4 Å². The van der Waals surface area contributed by atoms with Crippen LogP contribution in [0.5, 0.6) is 0 Å². The van der Waals surface area contributed by atoms with Crippen LogP contribution in [0.1, 0.15) is 22.4 Å². The van der Waals surface area contributed by atoms with E-state index in [4.69, 9.17) is 5.11 Å². The first kappa shape index (κ1) is 17.2. The molecule has 7 heteroatoms. The second kappa shape index (κ2) is 7.42. The molecule has 5 nitrogen and oxygen atoms in total. The highest BCUT2D eigenvalue weighted by atomic mass is 32.2. The van der Waals surface area contributed by atoms with Crippen molar-refractivity contribution in [2.75, 3.05) is 6.54 Å². The van der Waals surface area contributed by atoms with Crippen LogP contribution in [0.3, 0.4) is 0 Å². The Morgan fingerprint density at radius 2 is 1.87 bits per heavy atom. The maximum atomic E-state index is 12.0. The van der Waals surface area contributed by atoms with Crippen LogP contribution in [0.4, 0.5) is 0 Å². The lowest BCUT2D eigenvalue weighted by atomic mass is 10.1. The standard InChI is InChI=1S/C16H15NO4S2/c1-12-2-4-13(5-3-12)6-7-14-8-9-16(22-14)23(20,21)17-11-10-15(18)19/h2-5,8-9,17H,10-11H2,1H3,(H,18,19). The van der Waals surface area contributed by atoms with Gasteiger partial charge in [-0.25, -0.2) is 13.1 Å². The Labute approximate surface area is 139 Å². The highest BCUT2D eigenvalue weighted by molar-refractivity contribution is 7.91. The number of carboxylic acid groups (broad SMARTS) is 1. The molecule has 1 heterocycles. The van der Waals surface area contributed by atoms with Gasteiger partial charge in [0.1, 0.15) is 4.21 Å². The van der Waals surface area contributed by atoms with Gasteiger partial charge >= 0.3 is 5.97 Å². The molecule has 120 valence electrons. The number of benzene rings is 1. The molecule has 0 aliphatic rings. The molecule has 0 atom stereocenters. The molecule has 2 N–H and O–H groups in total. The van der Waals surface area contributed by atoms with Crippen molar-refractivity contribution in [1.82, 2.24) is 4.72 Å². The van der Waals surface area contributed by atoms with E-state index in [0.29, 0.717) is 4.88 Å². The van der Waals surface area contributed by atoms with Crippen LogP contribution >= 0.6 is 11.3 Å². The molecule has 1 aromatic carbocycles. The zero-order valence-electron chi connectivity index (χ0n) is 12.4. The van der Waals surface area contributed by atoms with E-state index < -0.39 is 16.0 Å². The predicted octanol–water partition coefficient (Wildman–Crippen LogP) is 2.21. The monoisotopic (exact) mass is 349 g/mol. The molecule has 0 radical (unpaired) electrons. The van der Waals surface area contributed by atoms with Crippen molar-refractivity contribution in [1.29, 1.82) is 0 Å². The average Bonchev–Trinajstić information content (AvgIpc) is 2.96. The molecule has 0 bridgehead atoms. The van der Waals surface area contributed by atoms with Crippen molar-refractivity contribution in [2.24, 2.45) is 0 Å². The van der Waals surface area contributed by atoms with E-state index in [-0.39, 0.29) is 17.2 Å². The molecule has 2 aromatic rings. The van der Waals surface area contributed by atoms with Gasteiger partial charge < -0.3 is 5.11 Å². The summed E-state index contributed by atoms with van der Waals surface area (Å²) in [5.74, 6) is 4.86. The first-order valence-corrected chi connectivity index (χ1v) is 9.07. The molecule has 0 spiro atoms. The number of nitrogens with one attached hydrogen (secondary N) is 1. The number of aryl methyl sites for hydroxylation is 1. The van der Waals surface area contributed by atoms with E-state index in [9.17, 15) is 13.2 Å². The van der Waals surface area contributed by atoms with E-state index in [1.54, 1.807) is 6.07 Å². The zero-order valence-corrected chi connectivity index (χ0v) is 14.0. The van der Waals surface area contributed by atoms with Crippen molar-refractivity contribution in [3.8, 4) is 11.8 Å². The lowest BCUT2D eigenvalue weighted by molar-refractivity contribution is -0.136. The van der Waals surface area contributed by atoms with Crippen LogP contribution in [0.15, 0.2) is 40.6 Å². The van der Waals surface area contributed by atoms with Crippen LogP contribution in [0.2, 0.25) is 0 Å². The summed E-state index contributed by atoms with van der Waals surface area (Å²) in [7, 11) is -3.69. The Bertz CT molecular complexity index is 855. The topological polar surface area (TPSA) is 83.5 Å². The lowest BCUT2D eigenvalue weighted by Crippen LogP contribution is -2.25. The highest BCUT2D eigenvalue weighted by Crippen LogP contribution is 2.20. The van der Waals surface area contributed by atoms with Gasteiger partial charge in [0.25, 0.3) is 0 Å². The molecule has 0 unspecified atom stereocenters. The van der Waals surface area contributed by atoms with Gasteiger partial charge in [0, 0.05) is 12.1 Å². The molecule has 2 rings (SSSR count). The first-order valence-electron chi connectivity index (χ1n) is 6.77. The van der Waals surface area contributed by atoms with Gasteiger partial charge in [-0.2, -0.15) is 0 Å². The molecule has 1 aromatic heterocycles. The highest BCUT2D eigenvalue weighted by Gasteiger charge is 2.16. The van der Waals surface area contributed by atoms with Crippen molar-refractivity contribution >= 4 is 27.3 Å². The first-order chi connectivity index (χ1) is 10.9. The van der Waals surface area contributed by atoms with Crippen LogP contribution in [-0.4, -0.2) is 26.0 Å². The van der Waals surface area contributed by atoms with Gasteiger partial charge in [0.15, 0.2) is 0 Å². The van der Waals surface area contributed by atoms with Crippen LogP contribution in [0, 0.1) is 18.8 Å². The number of carbonyl (C=O) groups is 1. The fraction of sp³-hybridized carbons (Fsp3) is 0.188. The molecule has 0 saturated heterocycles. The van der Waals surface area contributed by atoms with Gasteiger partial charge in [0.2, 0.25) is 10.0 Å². The van der Waals surface area contributed by atoms with E-state index in [1.165, 1.54) is 6.07 Å². The number of hydrogen-bond donors (Lipinski definition) is 2. The van der Waals surface area contributed by atoms with Gasteiger partial charge in [-0.3, -0.25) is 4.79 Å². The lowest BCUT2D eigenvalue weighted by Gasteiger charge is -2.01. The molecule has 0 amide bonds. The Morgan fingerprint density at radius 3 is 2.52 bits per heavy atom. The van der Waals surface area contributed by atoms with Gasteiger partial charge in [-0.05, 0) is 31.2 Å². The summed E-state index contributed by atoms with van der Waals surface area (Å²) in [5, 5.41) is 8.53. The van der Waals surface area contributed by atoms with Crippen molar-refractivity contribution in [2.45, 2.75) is 17.6 Å². The maximum Gasteiger partial charge on any atom is 0.304 e. The summed E-state index contributed by atoms with van der Waals surface area (Å²) in [4.78, 5) is 11.0. The summed E-state index contributed by atoms with van der Waals surface area (Å²) in [6, 6.07) is 10.8. The minimum absolute atomic E-state index is 0.121. The van der Waals surface area contributed by atoms with Crippen LogP contribution < -0.4 is 4.72 Å². The van der Waals surface area contributed by atoms with Gasteiger partial charge in [-0.15, -0.1) is 11.3 Å². The summed E-state index contributed by atoms with van der Waals surface area (Å²) >= 11 is 1.05. The van der Waals surface area contributed by atoms with E-state index in [1.807, 2.05) is 31.2 Å². The predicted molar refractivity (Wildman–Crippen MR) is 88.9 cm³/mol. The Morgan fingerprint density at radius 1 is 1.17 bits per heavy atom. The van der Waals surface area contributed by atoms with Crippen molar-refractivity contribution in [3.63, 3.8) is 0 Å². The average molecular weight is 349 g/mol. The van der Waals surface area contributed by atoms with E-state index >= 15 is 0 Å². The minimum atomic E-state index is -3.69. The number of carboxylic acids is 1. The normalized spacial score (nSPS) is 10.8. The maximum absolute atomic E-state index is 12.0. The van der Waals surface area contributed by atoms with Crippen LogP contribution in [0.25, 0.3) is 0 Å². The zero-order chi connectivity index (χ0) is 16.9. The van der Waals surface area contributed by atoms with Crippen molar-refractivity contribution < 1.29 is 18.3 Å². The summed E-state index contributed by atoms with van der Waals surface area (Å²) in [6.45, 7) is 1.85. The third kappa shape index (κ3) is 5.21. The Hall–Kier alpha value is -2.14. The fourth-order valence-electron chi connectivity index (χ4n) is 1.67. The third-order valence-corrected chi connectivity index (χ3v) is 5.81. The molecular weight excluding hydrogens is 334 g/mol. The Balaban J connectivity index is 2.08. The summed E-state index contributed by atoms with van der Waals surface area (Å²) in [6.07, 6.45) is -0.259. The molecular formula is C16H15NO4S2. The summed E-state index contributed by atoms with van der Waals surface area (Å²) < 4.78 is 26.4. The van der Waals surface area contributed by atoms with E-state index in [0.717, 1.165) is 22.5 Å². The SMILES string of the molecule is Cc1ccc(C#Cc2ccc(S(=O)(=O)NCCC(=O)O)s2)cc1. The second-order valence-electron chi connectivity index (χ2n) is 4.78. The molecule has 0 fully saturated rings. The molecule has 0 aliphatic carbocycles. The third-order valence-electron chi connectivity index (χ3n) is 2.86. The van der Waals surface area contributed by atoms with E-state index in [2.05, 4.69) is 16.6 Å². The largest absolute Gasteiger partial charge is 0.481 e. The van der Waals surface area contributed by atoms with Crippen LogP contribution in [-0.2, 0) is 14.8 Å². The van der Waals surface area contributed by atoms with Gasteiger partial charge in [-0.1, -0.05) is 29.5 Å². The number of sulfonamides is 1. The number of hydrogen-bond acceptors (Lipinski definition) is 4. The molecule has 0 saturated carbocycles. The number of rotatable bonds is 5. The second-order valence-corrected chi connectivity index (χ2v) is 7.85. The molecule has 0 aliphatic heterocycles. The molecule has 23 heavy (non-hydrogen) atoms. The quantitative estimate of drug-likeness (QED) is 0.811. The number of aliphatic carboxylic acids is 1. The van der Waals surface area contributed by atoms with Gasteiger partial charge in [0.05, 0.1) is 11.3 Å². The minimum Gasteiger partial charge on any atom is -0.481 e. The smallest absolute Gasteiger partial charge is 0.304 e. The fourth-order valence-corrected chi connectivity index (χ4v) is 3.90. The Kier molecular flexibility index (Phi) is 5.55. The summed E-state index contributed by atoms with van der Waals surface area (Å²) in [5.41, 5.74) is 2.00.